The zero-order valence-electron chi connectivity index (χ0n) is 9.63. The lowest BCUT2D eigenvalue weighted by Crippen LogP contribution is -1.92. The molecule has 2 aromatic rings. The van der Waals surface area contributed by atoms with Gasteiger partial charge in [0.15, 0.2) is 0 Å². The fourth-order valence-electron chi connectivity index (χ4n) is 1.91. The van der Waals surface area contributed by atoms with E-state index in [0.717, 1.165) is 10.9 Å². The van der Waals surface area contributed by atoms with Crippen molar-refractivity contribution in [3.63, 3.8) is 0 Å². The van der Waals surface area contributed by atoms with Crippen LogP contribution in [0.2, 0.25) is 0 Å². The van der Waals surface area contributed by atoms with Crippen molar-refractivity contribution in [2.45, 2.75) is 20.3 Å². The van der Waals surface area contributed by atoms with Gasteiger partial charge in [0, 0.05) is 4.47 Å². The summed E-state index contributed by atoms with van der Waals surface area (Å²) in [7, 11) is 0. The van der Waals surface area contributed by atoms with Crippen LogP contribution in [0.1, 0.15) is 22.3 Å². The number of aryl methyl sites for hydroxylation is 2. The fraction of sp³-hybridized carbons (Fsp3) is 0.200. The normalized spacial score (nSPS) is 10.4. The van der Waals surface area contributed by atoms with Gasteiger partial charge in [0.05, 0.1) is 0 Å². The van der Waals surface area contributed by atoms with Gasteiger partial charge in [-0.15, -0.1) is 0 Å². The molecule has 0 unspecified atom stereocenters. The van der Waals surface area contributed by atoms with Gasteiger partial charge < -0.3 is 0 Å². The minimum Gasteiger partial charge on any atom is -0.0609 e. The lowest BCUT2D eigenvalue weighted by molar-refractivity contribution is 1.14. The van der Waals surface area contributed by atoms with Gasteiger partial charge in [0.1, 0.15) is 0 Å². The van der Waals surface area contributed by atoms with Crippen LogP contribution in [0.4, 0.5) is 0 Å². The number of halogens is 1. The summed E-state index contributed by atoms with van der Waals surface area (Å²) in [4.78, 5) is 0. The van der Waals surface area contributed by atoms with Crippen LogP contribution in [0.15, 0.2) is 46.9 Å². The zero-order chi connectivity index (χ0) is 11.5. The summed E-state index contributed by atoms with van der Waals surface area (Å²) in [5.41, 5.74) is 5.46. The Hall–Kier alpha value is -1.08. The third-order valence-electron chi connectivity index (χ3n) is 2.78. The first-order valence-corrected chi connectivity index (χ1v) is 6.25. The van der Waals surface area contributed by atoms with E-state index < -0.39 is 0 Å². The van der Waals surface area contributed by atoms with E-state index >= 15 is 0 Å². The first kappa shape index (κ1) is 11.4. The van der Waals surface area contributed by atoms with Crippen molar-refractivity contribution < 1.29 is 0 Å². The Kier molecular flexibility index (Phi) is 3.45. The number of benzene rings is 2. The van der Waals surface area contributed by atoms with Crippen molar-refractivity contribution in [3.05, 3.63) is 69.2 Å². The van der Waals surface area contributed by atoms with E-state index in [-0.39, 0.29) is 0 Å². The molecule has 82 valence electrons. The minimum absolute atomic E-state index is 1.01. The smallest absolute Gasteiger partial charge is 0.0178 e. The Morgan fingerprint density at radius 1 is 1.00 bits per heavy atom. The second kappa shape index (κ2) is 4.84. The standard InChI is InChI=1S/C15H15Br/c1-11-6-7-14(12(2)8-11)9-13-4-3-5-15(16)10-13/h3-8,10H,9H2,1-2H3. The molecular formula is C15H15Br. The maximum absolute atomic E-state index is 3.51. The van der Waals surface area contributed by atoms with Crippen LogP contribution in [0, 0.1) is 13.8 Å². The molecule has 0 N–H and O–H groups in total. The van der Waals surface area contributed by atoms with Crippen LogP contribution in [-0.4, -0.2) is 0 Å². The van der Waals surface area contributed by atoms with Gasteiger partial charge in [0.25, 0.3) is 0 Å². The molecule has 0 saturated heterocycles. The van der Waals surface area contributed by atoms with E-state index in [1.54, 1.807) is 0 Å². The average Bonchev–Trinajstić information content (AvgIpc) is 2.22. The van der Waals surface area contributed by atoms with E-state index in [1.807, 2.05) is 0 Å². The minimum atomic E-state index is 1.01. The van der Waals surface area contributed by atoms with Crippen LogP contribution in [0.5, 0.6) is 0 Å². The monoisotopic (exact) mass is 274 g/mol. The SMILES string of the molecule is Cc1ccc(Cc2cccc(Br)c2)c(C)c1. The summed E-state index contributed by atoms with van der Waals surface area (Å²) in [6, 6.07) is 15.1. The predicted octanol–water partition coefficient (Wildman–Crippen LogP) is 4.66. The van der Waals surface area contributed by atoms with Gasteiger partial charge in [-0.3, -0.25) is 0 Å². The fourth-order valence-corrected chi connectivity index (χ4v) is 2.36. The molecule has 0 aromatic heterocycles. The Morgan fingerprint density at radius 2 is 1.81 bits per heavy atom. The number of hydrogen-bond acceptors (Lipinski definition) is 0. The quantitative estimate of drug-likeness (QED) is 0.748. The number of rotatable bonds is 2. The third kappa shape index (κ3) is 2.73. The molecule has 0 fully saturated rings. The van der Waals surface area contributed by atoms with Gasteiger partial charge in [-0.2, -0.15) is 0 Å². The maximum Gasteiger partial charge on any atom is 0.0178 e. The van der Waals surface area contributed by atoms with Gasteiger partial charge in [-0.25, -0.2) is 0 Å². The molecule has 0 radical (unpaired) electrons. The first-order chi connectivity index (χ1) is 7.65. The summed E-state index contributed by atoms with van der Waals surface area (Å²) >= 11 is 3.51. The molecule has 0 aliphatic carbocycles. The Bertz CT molecular complexity index is 501. The largest absolute Gasteiger partial charge is 0.0609 e. The van der Waals surface area contributed by atoms with Crippen LogP contribution < -0.4 is 0 Å². The molecule has 0 nitrogen and oxygen atoms in total. The lowest BCUT2D eigenvalue weighted by atomic mass is 9.99. The van der Waals surface area contributed by atoms with Crippen molar-refractivity contribution in [1.29, 1.82) is 0 Å². The Balaban J connectivity index is 2.27. The Morgan fingerprint density at radius 3 is 2.50 bits per heavy atom. The third-order valence-corrected chi connectivity index (χ3v) is 3.27. The molecule has 0 heterocycles. The Labute approximate surface area is 105 Å². The molecule has 0 amide bonds. The van der Waals surface area contributed by atoms with Crippen LogP contribution in [0.3, 0.4) is 0 Å². The second-order valence-corrected chi connectivity index (χ2v) is 5.15. The van der Waals surface area contributed by atoms with E-state index in [9.17, 15) is 0 Å². The van der Waals surface area contributed by atoms with Crippen molar-refractivity contribution in [2.75, 3.05) is 0 Å². The highest BCUT2D eigenvalue weighted by Gasteiger charge is 2.00. The highest BCUT2D eigenvalue weighted by Crippen LogP contribution is 2.18. The average molecular weight is 275 g/mol. The molecule has 0 bridgehead atoms. The molecule has 1 heteroatoms. The molecular weight excluding hydrogens is 260 g/mol. The molecule has 0 spiro atoms. The molecule has 0 atom stereocenters. The van der Waals surface area contributed by atoms with E-state index in [4.69, 9.17) is 0 Å². The summed E-state index contributed by atoms with van der Waals surface area (Å²) in [5.74, 6) is 0. The van der Waals surface area contributed by atoms with Crippen molar-refractivity contribution in [2.24, 2.45) is 0 Å². The topological polar surface area (TPSA) is 0 Å². The molecule has 2 rings (SSSR count). The first-order valence-electron chi connectivity index (χ1n) is 5.46. The molecule has 0 aliphatic heterocycles. The van der Waals surface area contributed by atoms with Gasteiger partial charge in [-0.1, -0.05) is 51.8 Å². The molecule has 2 aromatic carbocycles. The summed E-state index contributed by atoms with van der Waals surface area (Å²) in [5, 5.41) is 0. The van der Waals surface area contributed by atoms with Crippen LogP contribution in [0.25, 0.3) is 0 Å². The summed E-state index contributed by atoms with van der Waals surface area (Å²) in [6.07, 6.45) is 1.01. The van der Waals surface area contributed by atoms with Crippen LogP contribution >= 0.6 is 15.9 Å². The van der Waals surface area contributed by atoms with Gasteiger partial charge in [0.2, 0.25) is 0 Å². The zero-order valence-corrected chi connectivity index (χ0v) is 11.2. The van der Waals surface area contributed by atoms with E-state index in [1.165, 1.54) is 22.3 Å². The molecule has 0 saturated carbocycles. The lowest BCUT2D eigenvalue weighted by Gasteiger charge is -2.07. The highest BCUT2D eigenvalue weighted by atomic mass is 79.9. The van der Waals surface area contributed by atoms with Crippen molar-refractivity contribution in [1.82, 2.24) is 0 Å². The second-order valence-electron chi connectivity index (χ2n) is 4.24. The summed E-state index contributed by atoms with van der Waals surface area (Å²) in [6.45, 7) is 4.32. The summed E-state index contributed by atoms with van der Waals surface area (Å²) < 4.78 is 1.15. The number of hydrogen-bond donors (Lipinski definition) is 0. The van der Waals surface area contributed by atoms with Crippen LogP contribution in [-0.2, 0) is 6.42 Å². The van der Waals surface area contributed by atoms with Gasteiger partial charge >= 0.3 is 0 Å². The molecule has 0 aliphatic rings. The van der Waals surface area contributed by atoms with Gasteiger partial charge in [-0.05, 0) is 49.1 Å². The predicted molar refractivity (Wildman–Crippen MR) is 72.9 cm³/mol. The van der Waals surface area contributed by atoms with Crippen molar-refractivity contribution >= 4 is 15.9 Å². The highest BCUT2D eigenvalue weighted by molar-refractivity contribution is 9.10. The molecule has 16 heavy (non-hydrogen) atoms. The maximum atomic E-state index is 3.51. The van der Waals surface area contributed by atoms with E-state index in [0.29, 0.717) is 0 Å². The van der Waals surface area contributed by atoms with E-state index in [2.05, 4.69) is 72.2 Å². The van der Waals surface area contributed by atoms with Crippen molar-refractivity contribution in [3.8, 4) is 0 Å².